The Labute approximate surface area is 140 Å². The van der Waals surface area contributed by atoms with Gasteiger partial charge in [0.05, 0.1) is 5.69 Å². The highest BCUT2D eigenvalue weighted by Gasteiger charge is 2.13. The first-order valence-electron chi connectivity index (χ1n) is 7.58. The van der Waals surface area contributed by atoms with Gasteiger partial charge >= 0.3 is 0 Å². The summed E-state index contributed by atoms with van der Waals surface area (Å²) < 4.78 is 14.2. The number of halogens is 1. The molecule has 6 nitrogen and oxygen atoms in total. The van der Waals surface area contributed by atoms with Gasteiger partial charge in [-0.25, -0.2) is 4.39 Å². The Morgan fingerprint density at radius 3 is 2.40 bits per heavy atom. The van der Waals surface area contributed by atoms with Crippen LogP contribution in [-0.2, 0) is 0 Å². The van der Waals surface area contributed by atoms with E-state index in [4.69, 9.17) is 0 Å². The van der Waals surface area contributed by atoms with Gasteiger partial charge < -0.3 is 10.3 Å². The summed E-state index contributed by atoms with van der Waals surface area (Å²) in [5.41, 5.74) is 1.61. The maximum Gasteiger partial charge on any atom is 0.290 e. The lowest BCUT2D eigenvalue weighted by Crippen LogP contribution is -2.15. The molecular weight excluding hydrogens is 323 g/mol. The van der Waals surface area contributed by atoms with Crippen molar-refractivity contribution in [1.82, 2.24) is 14.6 Å². The van der Waals surface area contributed by atoms with Gasteiger partial charge in [-0.05, 0) is 29.8 Å². The molecule has 0 fully saturated rings. The van der Waals surface area contributed by atoms with Gasteiger partial charge in [0.25, 0.3) is 11.1 Å². The highest BCUT2D eigenvalue weighted by atomic mass is 19.1. The van der Waals surface area contributed by atoms with Crippen LogP contribution in [-0.4, -0.2) is 14.6 Å². The summed E-state index contributed by atoms with van der Waals surface area (Å²) in [7, 11) is 0. The molecule has 2 aromatic carbocycles. The van der Waals surface area contributed by atoms with Crippen molar-refractivity contribution in [2.24, 2.45) is 0 Å². The largest absolute Gasteiger partial charge is 0.348 e. The molecule has 0 spiro atoms. The zero-order valence-electron chi connectivity index (χ0n) is 12.9. The Morgan fingerprint density at radius 1 is 0.960 bits per heavy atom. The molecule has 0 unspecified atom stereocenters. The predicted molar refractivity (Wildman–Crippen MR) is 93.8 cm³/mol. The number of nitrogens with one attached hydrogen (secondary N) is 3. The fraction of sp³-hybridized carbons (Fsp3) is 0. The van der Waals surface area contributed by atoms with Crippen molar-refractivity contribution in [3.05, 3.63) is 87.2 Å². The van der Waals surface area contributed by atoms with Crippen LogP contribution in [0.25, 0.3) is 16.9 Å². The summed E-state index contributed by atoms with van der Waals surface area (Å²) in [6.45, 7) is 0. The summed E-state index contributed by atoms with van der Waals surface area (Å²) in [4.78, 5) is 27.7. The number of aromatic amines is 2. The number of aromatic nitrogens is 3. The van der Waals surface area contributed by atoms with E-state index >= 15 is 0 Å². The van der Waals surface area contributed by atoms with Crippen LogP contribution < -0.4 is 16.4 Å². The fourth-order valence-corrected chi connectivity index (χ4v) is 2.63. The molecule has 7 heteroatoms. The molecule has 0 amide bonds. The lowest BCUT2D eigenvalue weighted by atomic mass is 10.1. The Hall–Kier alpha value is -3.61. The number of anilines is 2. The zero-order valence-corrected chi connectivity index (χ0v) is 12.9. The summed E-state index contributed by atoms with van der Waals surface area (Å²) in [6, 6.07) is 16.3. The van der Waals surface area contributed by atoms with Crippen molar-refractivity contribution < 1.29 is 4.39 Å². The number of nitrogens with zero attached hydrogens (tertiary/aromatic N) is 1. The topological polar surface area (TPSA) is 82.2 Å². The van der Waals surface area contributed by atoms with Gasteiger partial charge in [-0.15, -0.1) is 0 Å². The predicted octanol–water partition coefficient (Wildman–Crippen LogP) is 2.87. The van der Waals surface area contributed by atoms with Crippen LogP contribution in [0.1, 0.15) is 0 Å². The van der Waals surface area contributed by atoms with E-state index in [0.717, 1.165) is 10.1 Å². The van der Waals surface area contributed by atoms with Crippen LogP contribution in [0.2, 0.25) is 0 Å². The molecule has 2 heterocycles. The summed E-state index contributed by atoms with van der Waals surface area (Å²) >= 11 is 0. The second-order valence-electron chi connectivity index (χ2n) is 5.52. The van der Waals surface area contributed by atoms with E-state index in [2.05, 4.69) is 15.4 Å². The van der Waals surface area contributed by atoms with Gasteiger partial charge in [-0.2, -0.15) is 4.52 Å². The second-order valence-corrected chi connectivity index (χ2v) is 5.52. The maximum absolute atomic E-state index is 13.0. The number of hydrogen-bond donors (Lipinski definition) is 3. The number of hydrogen-bond acceptors (Lipinski definition) is 3. The third-order valence-corrected chi connectivity index (χ3v) is 3.84. The Morgan fingerprint density at radius 2 is 1.68 bits per heavy atom. The average molecular weight is 336 g/mol. The van der Waals surface area contributed by atoms with Gasteiger partial charge in [0.1, 0.15) is 11.5 Å². The van der Waals surface area contributed by atoms with Crippen LogP contribution in [0, 0.1) is 5.82 Å². The molecule has 25 heavy (non-hydrogen) atoms. The van der Waals surface area contributed by atoms with E-state index in [1.165, 1.54) is 30.3 Å². The minimum Gasteiger partial charge on any atom is -0.348 e. The van der Waals surface area contributed by atoms with Gasteiger partial charge in [0.2, 0.25) is 0 Å². The van der Waals surface area contributed by atoms with Crippen LogP contribution in [0.5, 0.6) is 0 Å². The Balaban J connectivity index is 1.88. The summed E-state index contributed by atoms with van der Waals surface area (Å²) in [5, 5.41) is 5.41. The first-order chi connectivity index (χ1) is 12.1. The molecule has 124 valence electrons. The van der Waals surface area contributed by atoms with E-state index in [-0.39, 0.29) is 17.1 Å². The molecule has 0 saturated carbocycles. The van der Waals surface area contributed by atoms with Gasteiger partial charge in [0, 0.05) is 11.8 Å². The number of benzene rings is 2. The van der Waals surface area contributed by atoms with E-state index in [1.807, 2.05) is 30.3 Å². The first kappa shape index (κ1) is 14.9. The number of rotatable bonds is 3. The molecule has 2 aromatic heterocycles. The quantitative estimate of drug-likeness (QED) is 0.538. The smallest absolute Gasteiger partial charge is 0.290 e. The van der Waals surface area contributed by atoms with E-state index in [1.54, 1.807) is 0 Å². The minimum atomic E-state index is -0.456. The van der Waals surface area contributed by atoms with E-state index in [0.29, 0.717) is 17.0 Å². The third-order valence-electron chi connectivity index (χ3n) is 3.84. The van der Waals surface area contributed by atoms with Gasteiger partial charge in [-0.1, -0.05) is 30.3 Å². The molecular formula is C18H13FN4O2. The molecule has 0 aliphatic rings. The standard InChI is InChI=1S/C18H13FN4O2/c19-12-6-8-13(9-7-12)20-16-17-21-14(11-4-2-1-3-5-11)10-15(24)23(17)22-18(16)25/h1-10,20-21H,(H,22,25). The average Bonchev–Trinajstić information content (AvgIpc) is 2.94. The summed E-state index contributed by atoms with van der Waals surface area (Å²) in [6.07, 6.45) is 0. The van der Waals surface area contributed by atoms with Crippen molar-refractivity contribution in [3.8, 4) is 11.3 Å². The van der Waals surface area contributed by atoms with Crippen molar-refractivity contribution in [1.29, 1.82) is 0 Å². The van der Waals surface area contributed by atoms with Crippen LogP contribution in [0.3, 0.4) is 0 Å². The van der Waals surface area contributed by atoms with E-state index in [9.17, 15) is 14.0 Å². The van der Waals surface area contributed by atoms with Gasteiger partial charge in [0.15, 0.2) is 5.65 Å². The molecule has 0 bridgehead atoms. The Bertz CT molecular complexity index is 1160. The molecule has 4 rings (SSSR count). The minimum absolute atomic E-state index is 0.182. The lowest BCUT2D eigenvalue weighted by Gasteiger charge is -2.06. The fourth-order valence-electron chi connectivity index (χ4n) is 2.63. The molecule has 4 aromatic rings. The SMILES string of the molecule is O=c1[nH]n2c(=O)cc(-c3ccccc3)[nH]c2c1Nc1ccc(F)cc1. The van der Waals surface area contributed by atoms with Crippen LogP contribution in [0.4, 0.5) is 15.8 Å². The highest BCUT2D eigenvalue weighted by Crippen LogP contribution is 2.20. The zero-order chi connectivity index (χ0) is 17.4. The molecule has 0 atom stereocenters. The number of fused-ring (bicyclic) bond motifs is 1. The molecule has 0 aliphatic carbocycles. The van der Waals surface area contributed by atoms with Crippen LogP contribution >= 0.6 is 0 Å². The molecule has 3 N–H and O–H groups in total. The lowest BCUT2D eigenvalue weighted by molar-refractivity contribution is 0.628. The third kappa shape index (κ3) is 2.72. The molecule has 0 aliphatic heterocycles. The molecule has 0 saturated heterocycles. The number of H-pyrrole nitrogens is 2. The maximum atomic E-state index is 13.0. The van der Waals surface area contributed by atoms with E-state index < -0.39 is 5.56 Å². The van der Waals surface area contributed by atoms with Crippen molar-refractivity contribution in [2.45, 2.75) is 0 Å². The Kier molecular flexibility index (Phi) is 3.46. The second kappa shape index (κ2) is 5.79. The van der Waals surface area contributed by atoms with Crippen LogP contribution in [0.15, 0.2) is 70.3 Å². The van der Waals surface area contributed by atoms with Gasteiger partial charge in [-0.3, -0.25) is 14.7 Å². The monoisotopic (exact) mass is 336 g/mol. The first-order valence-corrected chi connectivity index (χ1v) is 7.58. The van der Waals surface area contributed by atoms with Crippen molar-refractivity contribution >= 4 is 17.0 Å². The summed E-state index contributed by atoms with van der Waals surface area (Å²) in [5.74, 6) is -0.374. The highest BCUT2D eigenvalue weighted by molar-refractivity contribution is 5.75. The molecule has 0 radical (unpaired) electrons. The van der Waals surface area contributed by atoms with Crippen molar-refractivity contribution in [2.75, 3.05) is 5.32 Å². The normalized spacial score (nSPS) is 10.9. The van der Waals surface area contributed by atoms with Crippen molar-refractivity contribution in [3.63, 3.8) is 0 Å².